The summed E-state index contributed by atoms with van der Waals surface area (Å²) in [7, 11) is 0. The number of nitrogens with one attached hydrogen (secondary N) is 1. The van der Waals surface area contributed by atoms with Crippen LogP contribution in [0, 0.1) is 13.8 Å². The molecule has 0 spiro atoms. The van der Waals surface area contributed by atoms with Crippen molar-refractivity contribution in [2.24, 2.45) is 0 Å². The van der Waals surface area contributed by atoms with Crippen molar-refractivity contribution >= 4 is 28.7 Å². The average Bonchev–Trinajstić information content (AvgIpc) is 3.39. The van der Waals surface area contributed by atoms with Crippen molar-refractivity contribution in [3.05, 3.63) is 81.8 Å². The van der Waals surface area contributed by atoms with E-state index in [0.29, 0.717) is 21.9 Å². The smallest absolute Gasteiger partial charge is 0.265 e. The van der Waals surface area contributed by atoms with E-state index >= 15 is 0 Å². The maximum absolute atomic E-state index is 13.4. The fourth-order valence-corrected chi connectivity index (χ4v) is 5.47. The van der Waals surface area contributed by atoms with Gasteiger partial charge in [0.1, 0.15) is 5.39 Å². The molecule has 33 heavy (non-hydrogen) atoms. The molecular weight excluding hydrogens is 434 g/mol. The van der Waals surface area contributed by atoms with Gasteiger partial charge in [0.05, 0.1) is 24.0 Å². The van der Waals surface area contributed by atoms with Crippen LogP contribution in [0.3, 0.4) is 0 Å². The Balaban J connectivity index is 1.42. The molecular formula is C25H25N5O2S. The molecule has 3 heterocycles. The van der Waals surface area contributed by atoms with Crippen LogP contribution in [0.2, 0.25) is 0 Å². The highest BCUT2D eigenvalue weighted by atomic mass is 32.2. The average molecular weight is 460 g/mol. The quantitative estimate of drug-likeness (QED) is 0.454. The first-order valence-electron chi connectivity index (χ1n) is 11.0. The fourth-order valence-electron chi connectivity index (χ4n) is 4.34. The lowest BCUT2D eigenvalue weighted by molar-refractivity contribution is -0.122. The number of thioether (sulfide) groups is 1. The lowest BCUT2D eigenvalue weighted by atomic mass is 10.1. The van der Waals surface area contributed by atoms with Crippen LogP contribution in [-0.4, -0.2) is 31.0 Å². The van der Waals surface area contributed by atoms with Gasteiger partial charge in [0.25, 0.3) is 5.56 Å². The zero-order valence-corrected chi connectivity index (χ0v) is 19.6. The van der Waals surface area contributed by atoms with Crippen molar-refractivity contribution < 1.29 is 4.79 Å². The molecule has 2 atom stereocenters. The largest absolute Gasteiger partial charge is 0.350 e. The number of fused-ring (bicyclic) bond motifs is 2. The van der Waals surface area contributed by atoms with Gasteiger partial charge in [-0.05, 0) is 38.0 Å². The number of hydrogen-bond donors (Lipinski definition) is 1. The van der Waals surface area contributed by atoms with Gasteiger partial charge in [-0.15, -0.1) is 0 Å². The maximum Gasteiger partial charge on any atom is 0.265 e. The highest BCUT2D eigenvalue weighted by Gasteiger charge is 2.30. The van der Waals surface area contributed by atoms with Crippen LogP contribution in [0.15, 0.2) is 64.7 Å². The van der Waals surface area contributed by atoms with Gasteiger partial charge >= 0.3 is 0 Å². The molecule has 0 saturated heterocycles. The third kappa shape index (κ3) is 3.95. The van der Waals surface area contributed by atoms with Gasteiger partial charge in [0.15, 0.2) is 10.8 Å². The van der Waals surface area contributed by atoms with Crippen molar-refractivity contribution in [2.45, 2.75) is 44.4 Å². The first-order chi connectivity index (χ1) is 15.9. The third-order valence-corrected chi connectivity index (χ3v) is 7.15. The zero-order valence-electron chi connectivity index (χ0n) is 18.8. The second-order valence-electron chi connectivity index (χ2n) is 8.52. The Bertz CT molecular complexity index is 1410. The van der Waals surface area contributed by atoms with E-state index in [1.54, 1.807) is 15.4 Å². The number of nitrogens with zero attached hydrogens (tertiary/aromatic N) is 4. The van der Waals surface area contributed by atoms with Crippen LogP contribution in [0.4, 0.5) is 0 Å². The molecule has 0 fully saturated rings. The summed E-state index contributed by atoms with van der Waals surface area (Å²) in [5.41, 5.74) is 4.59. The van der Waals surface area contributed by atoms with Crippen LogP contribution in [-0.2, 0) is 4.79 Å². The van der Waals surface area contributed by atoms with Crippen molar-refractivity contribution in [3.8, 4) is 5.69 Å². The lowest BCUT2D eigenvalue weighted by Crippen LogP contribution is -2.32. The highest BCUT2D eigenvalue weighted by Crippen LogP contribution is 2.33. The lowest BCUT2D eigenvalue weighted by Gasteiger charge is -2.17. The minimum absolute atomic E-state index is 0.0808. The van der Waals surface area contributed by atoms with Gasteiger partial charge in [0, 0.05) is 12.2 Å². The highest BCUT2D eigenvalue weighted by molar-refractivity contribution is 7.99. The van der Waals surface area contributed by atoms with Gasteiger partial charge in [-0.25, -0.2) is 9.67 Å². The van der Waals surface area contributed by atoms with Gasteiger partial charge in [-0.3, -0.25) is 14.2 Å². The molecule has 2 aromatic carbocycles. The minimum Gasteiger partial charge on any atom is -0.350 e. The Kier molecular flexibility index (Phi) is 5.54. The summed E-state index contributed by atoms with van der Waals surface area (Å²) in [5, 5.41) is 8.61. The number of aromatic nitrogens is 4. The molecule has 1 amide bonds. The molecule has 1 N–H and O–H groups in total. The number of benzene rings is 2. The van der Waals surface area contributed by atoms with E-state index in [1.165, 1.54) is 17.3 Å². The summed E-state index contributed by atoms with van der Waals surface area (Å²) in [5.74, 6) is 0.557. The molecule has 8 heteroatoms. The number of carbonyl (C=O) groups excluding carboxylic acids is 1. The molecule has 1 aliphatic rings. The molecule has 4 aromatic rings. The second-order valence-corrected chi connectivity index (χ2v) is 9.51. The van der Waals surface area contributed by atoms with Crippen LogP contribution in [0.1, 0.15) is 42.1 Å². The number of amides is 1. The third-order valence-electron chi connectivity index (χ3n) is 6.05. The first-order valence-corrected chi connectivity index (χ1v) is 12.0. The summed E-state index contributed by atoms with van der Waals surface area (Å²) in [6.45, 7) is 6.03. The summed E-state index contributed by atoms with van der Waals surface area (Å²) < 4.78 is 3.39. The normalized spacial score (nSPS) is 16.0. The molecule has 0 bridgehead atoms. The number of rotatable bonds is 5. The first kappa shape index (κ1) is 21.5. The van der Waals surface area contributed by atoms with E-state index in [4.69, 9.17) is 4.98 Å². The van der Waals surface area contributed by atoms with Crippen molar-refractivity contribution in [1.82, 2.24) is 24.6 Å². The summed E-state index contributed by atoms with van der Waals surface area (Å²) >= 11 is 1.51. The van der Waals surface area contributed by atoms with E-state index in [9.17, 15) is 9.59 Å². The van der Waals surface area contributed by atoms with Crippen molar-refractivity contribution in [1.29, 1.82) is 0 Å². The van der Waals surface area contributed by atoms with Crippen molar-refractivity contribution in [3.63, 3.8) is 0 Å². The predicted molar refractivity (Wildman–Crippen MR) is 130 cm³/mol. The number of hydrogen-bond acceptors (Lipinski definition) is 5. The van der Waals surface area contributed by atoms with Crippen molar-refractivity contribution in [2.75, 3.05) is 5.75 Å². The monoisotopic (exact) mass is 459 g/mol. The minimum atomic E-state index is -0.234. The van der Waals surface area contributed by atoms with Gasteiger partial charge in [-0.1, -0.05) is 59.8 Å². The Morgan fingerprint density at radius 1 is 1.21 bits per heavy atom. The van der Waals surface area contributed by atoms with E-state index in [1.807, 2.05) is 63.2 Å². The number of aryl methyl sites for hydroxylation is 2. The summed E-state index contributed by atoms with van der Waals surface area (Å²) in [4.78, 5) is 30.9. The molecule has 5 rings (SSSR count). The topological polar surface area (TPSA) is 81.8 Å². The van der Waals surface area contributed by atoms with E-state index in [0.717, 1.165) is 16.8 Å². The zero-order chi connectivity index (χ0) is 23.1. The molecule has 1 aliphatic heterocycles. The van der Waals surface area contributed by atoms with E-state index < -0.39 is 0 Å². The molecule has 0 radical (unpaired) electrons. The number of carbonyl (C=O) groups is 1. The summed E-state index contributed by atoms with van der Waals surface area (Å²) in [6, 6.07) is 15.6. The van der Waals surface area contributed by atoms with Crippen LogP contribution in [0.25, 0.3) is 16.7 Å². The Morgan fingerprint density at radius 3 is 2.76 bits per heavy atom. The van der Waals surface area contributed by atoms with E-state index in [2.05, 4.69) is 16.5 Å². The second kappa shape index (κ2) is 8.51. The van der Waals surface area contributed by atoms with E-state index in [-0.39, 0.29) is 30.0 Å². The predicted octanol–water partition coefficient (Wildman–Crippen LogP) is 4.11. The Morgan fingerprint density at radius 2 is 2.00 bits per heavy atom. The Labute approximate surface area is 195 Å². The molecule has 0 aliphatic carbocycles. The molecule has 2 aromatic heterocycles. The Hall–Kier alpha value is -3.39. The summed E-state index contributed by atoms with van der Waals surface area (Å²) in [6.07, 6.45) is 1.81. The molecule has 168 valence electrons. The van der Waals surface area contributed by atoms with Crippen LogP contribution in [0.5, 0.6) is 0 Å². The molecule has 2 unspecified atom stereocenters. The standard InChI is InChI=1S/C25H25N5O2S/c1-15-9-10-21(16(2)11-15)30-23-20(13-26-30)24(32)29-19(14-33-25(29)28-23)12-22(31)27-17(3)18-7-5-4-6-8-18/h4-11,13,17,19H,12,14H2,1-3H3,(H,27,31). The van der Waals surface area contributed by atoms with Gasteiger partial charge in [0.2, 0.25) is 5.91 Å². The fraction of sp³-hybridized carbons (Fsp3) is 0.280. The van der Waals surface area contributed by atoms with Crippen LogP contribution < -0.4 is 10.9 Å². The maximum atomic E-state index is 13.4. The SMILES string of the molecule is Cc1ccc(-n2ncc3c(=O)n4c(nc32)SCC4CC(=O)NC(C)c2ccccc2)c(C)c1. The molecule has 7 nitrogen and oxygen atoms in total. The van der Waals surface area contributed by atoms with Crippen LogP contribution >= 0.6 is 11.8 Å². The van der Waals surface area contributed by atoms with Gasteiger partial charge < -0.3 is 5.32 Å². The molecule has 0 saturated carbocycles. The van der Waals surface area contributed by atoms with Gasteiger partial charge in [-0.2, -0.15) is 5.10 Å².